The van der Waals surface area contributed by atoms with Gasteiger partial charge in [-0.2, -0.15) is 0 Å². The number of nitrogens with one attached hydrogen (secondary N) is 3. The quantitative estimate of drug-likeness (QED) is 0.211. The molecule has 1 amide bonds. The lowest BCUT2D eigenvalue weighted by Gasteiger charge is -2.20. The minimum atomic E-state index is 0. The molecule has 0 bridgehead atoms. The average molecular weight is 465 g/mol. The first kappa shape index (κ1) is 22.5. The third-order valence-electron chi connectivity index (χ3n) is 4.68. The number of carbonyl (C=O) groups is 1. The highest BCUT2D eigenvalue weighted by Gasteiger charge is 2.22. The molecule has 25 heavy (non-hydrogen) atoms. The lowest BCUT2D eigenvalue weighted by Crippen LogP contribution is -2.39. The number of likely N-dealkylation sites (tertiary alicyclic amines) is 1. The minimum Gasteiger partial charge on any atom is -0.356 e. The fraction of sp³-hybridized carbons (Fsp3) is 0.889. The molecule has 146 valence electrons. The molecule has 0 spiro atoms. The Kier molecular flexibility index (Phi) is 12.2. The van der Waals surface area contributed by atoms with Gasteiger partial charge in [-0.3, -0.25) is 9.79 Å². The molecule has 6 nitrogen and oxygen atoms in total. The van der Waals surface area contributed by atoms with Crippen molar-refractivity contribution in [3.8, 4) is 0 Å². The van der Waals surface area contributed by atoms with Gasteiger partial charge in [0.05, 0.1) is 0 Å². The van der Waals surface area contributed by atoms with Crippen LogP contribution in [0.5, 0.6) is 0 Å². The van der Waals surface area contributed by atoms with Gasteiger partial charge in [0.2, 0.25) is 5.91 Å². The number of hydrogen-bond donors (Lipinski definition) is 3. The molecule has 2 aliphatic rings. The van der Waals surface area contributed by atoms with Crippen molar-refractivity contribution in [1.29, 1.82) is 0 Å². The van der Waals surface area contributed by atoms with Crippen LogP contribution >= 0.6 is 24.0 Å². The standard InChI is InChI=1S/C18H35N5O.HI/c1-19-18(20-11-6-8-17(24)22-16-9-10-16)21-12-7-15-23-13-4-2-3-5-14-23;/h16H,2-15H2,1H3,(H,22,24)(H2,19,20,21);1H. The van der Waals surface area contributed by atoms with E-state index in [0.29, 0.717) is 12.5 Å². The van der Waals surface area contributed by atoms with Crippen LogP contribution in [0.3, 0.4) is 0 Å². The van der Waals surface area contributed by atoms with Crippen molar-refractivity contribution in [3.63, 3.8) is 0 Å². The monoisotopic (exact) mass is 465 g/mol. The van der Waals surface area contributed by atoms with Crippen LogP contribution in [0.2, 0.25) is 0 Å². The molecular weight excluding hydrogens is 429 g/mol. The van der Waals surface area contributed by atoms with Gasteiger partial charge in [-0.05, 0) is 58.2 Å². The zero-order chi connectivity index (χ0) is 17.0. The van der Waals surface area contributed by atoms with Crippen molar-refractivity contribution < 1.29 is 4.79 Å². The number of hydrogen-bond acceptors (Lipinski definition) is 3. The molecular formula is C18H36IN5O. The second-order valence-corrected chi connectivity index (χ2v) is 6.98. The maximum Gasteiger partial charge on any atom is 0.220 e. The molecule has 0 aromatic heterocycles. The Morgan fingerprint density at radius 3 is 2.28 bits per heavy atom. The molecule has 2 fully saturated rings. The highest BCUT2D eigenvalue weighted by atomic mass is 127. The number of carbonyl (C=O) groups excluding carboxylic acids is 1. The predicted octanol–water partition coefficient (Wildman–Crippen LogP) is 2.09. The largest absolute Gasteiger partial charge is 0.356 e. The summed E-state index contributed by atoms with van der Waals surface area (Å²) >= 11 is 0. The van der Waals surface area contributed by atoms with Crippen LogP contribution in [0.15, 0.2) is 4.99 Å². The Morgan fingerprint density at radius 1 is 1.04 bits per heavy atom. The number of rotatable bonds is 9. The first-order valence-electron chi connectivity index (χ1n) is 9.74. The van der Waals surface area contributed by atoms with Crippen LogP contribution in [0.25, 0.3) is 0 Å². The molecule has 2 rings (SSSR count). The molecule has 1 saturated heterocycles. The van der Waals surface area contributed by atoms with E-state index in [-0.39, 0.29) is 29.9 Å². The van der Waals surface area contributed by atoms with Gasteiger partial charge in [-0.25, -0.2) is 0 Å². The Morgan fingerprint density at radius 2 is 1.68 bits per heavy atom. The number of guanidine groups is 1. The topological polar surface area (TPSA) is 68.8 Å². The molecule has 3 N–H and O–H groups in total. The summed E-state index contributed by atoms with van der Waals surface area (Å²) in [4.78, 5) is 18.4. The van der Waals surface area contributed by atoms with E-state index >= 15 is 0 Å². The van der Waals surface area contributed by atoms with E-state index < -0.39 is 0 Å². The van der Waals surface area contributed by atoms with Crippen molar-refractivity contribution in [2.24, 2.45) is 4.99 Å². The first-order chi connectivity index (χ1) is 11.8. The Hall–Kier alpha value is -0.570. The zero-order valence-corrected chi connectivity index (χ0v) is 18.0. The predicted molar refractivity (Wildman–Crippen MR) is 115 cm³/mol. The Labute approximate surface area is 170 Å². The van der Waals surface area contributed by atoms with Gasteiger partial charge in [0.15, 0.2) is 5.96 Å². The molecule has 7 heteroatoms. The summed E-state index contributed by atoms with van der Waals surface area (Å²) in [6.07, 6.45) is 10.4. The van der Waals surface area contributed by atoms with E-state index in [2.05, 4.69) is 25.8 Å². The summed E-state index contributed by atoms with van der Waals surface area (Å²) in [6, 6.07) is 0.462. The summed E-state index contributed by atoms with van der Waals surface area (Å²) < 4.78 is 0. The maximum atomic E-state index is 11.6. The summed E-state index contributed by atoms with van der Waals surface area (Å²) in [6.45, 7) is 5.42. The molecule has 0 atom stereocenters. The van der Waals surface area contributed by atoms with Crippen LogP contribution in [-0.4, -0.2) is 62.6 Å². The van der Waals surface area contributed by atoms with Crippen LogP contribution in [0.4, 0.5) is 0 Å². The van der Waals surface area contributed by atoms with E-state index in [1.54, 1.807) is 7.05 Å². The summed E-state index contributed by atoms with van der Waals surface area (Å²) in [7, 11) is 1.80. The lowest BCUT2D eigenvalue weighted by molar-refractivity contribution is -0.121. The average Bonchev–Trinajstić information content (AvgIpc) is 3.41. The third-order valence-corrected chi connectivity index (χ3v) is 4.68. The molecule has 1 aliphatic heterocycles. The van der Waals surface area contributed by atoms with Gasteiger partial charge in [-0.15, -0.1) is 24.0 Å². The van der Waals surface area contributed by atoms with Crippen molar-refractivity contribution in [3.05, 3.63) is 0 Å². The van der Waals surface area contributed by atoms with Gasteiger partial charge in [0.25, 0.3) is 0 Å². The number of halogens is 1. The van der Waals surface area contributed by atoms with Gasteiger partial charge in [0.1, 0.15) is 0 Å². The van der Waals surface area contributed by atoms with Gasteiger partial charge in [0, 0.05) is 32.6 Å². The minimum absolute atomic E-state index is 0. The fourth-order valence-corrected chi connectivity index (χ4v) is 3.07. The van der Waals surface area contributed by atoms with Crippen LogP contribution < -0.4 is 16.0 Å². The fourth-order valence-electron chi connectivity index (χ4n) is 3.07. The second-order valence-electron chi connectivity index (χ2n) is 6.98. The number of aliphatic imine (C=N–C) groups is 1. The Bertz CT molecular complexity index is 393. The Balaban J connectivity index is 0.00000312. The molecule has 1 saturated carbocycles. The van der Waals surface area contributed by atoms with Crippen LogP contribution in [0, 0.1) is 0 Å². The van der Waals surface area contributed by atoms with Gasteiger partial charge < -0.3 is 20.9 Å². The van der Waals surface area contributed by atoms with Crippen LogP contribution in [0.1, 0.15) is 57.8 Å². The van der Waals surface area contributed by atoms with E-state index in [1.165, 1.54) is 45.3 Å². The van der Waals surface area contributed by atoms with Crippen molar-refractivity contribution in [2.75, 3.05) is 39.8 Å². The number of amides is 1. The zero-order valence-electron chi connectivity index (χ0n) is 15.7. The van der Waals surface area contributed by atoms with Crippen LogP contribution in [-0.2, 0) is 4.79 Å². The molecule has 0 aromatic carbocycles. The van der Waals surface area contributed by atoms with E-state index in [1.807, 2.05) is 0 Å². The van der Waals surface area contributed by atoms with Gasteiger partial charge in [-0.1, -0.05) is 12.8 Å². The number of nitrogens with zero attached hydrogens (tertiary/aromatic N) is 2. The molecule has 0 radical (unpaired) electrons. The third kappa shape index (κ3) is 10.9. The van der Waals surface area contributed by atoms with E-state index in [0.717, 1.165) is 44.7 Å². The SMILES string of the molecule is CN=C(NCCCC(=O)NC1CC1)NCCCN1CCCCCC1.I. The highest BCUT2D eigenvalue weighted by Crippen LogP contribution is 2.18. The van der Waals surface area contributed by atoms with Crippen molar-refractivity contribution in [2.45, 2.75) is 63.8 Å². The summed E-state index contributed by atoms with van der Waals surface area (Å²) in [5.74, 6) is 1.02. The van der Waals surface area contributed by atoms with E-state index in [4.69, 9.17) is 0 Å². The summed E-state index contributed by atoms with van der Waals surface area (Å²) in [5, 5.41) is 9.67. The van der Waals surface area contributed by atoms with Gasteiger partial charge >= 0.3 is 0 Å². The highest BCUT2D eigenvalue weighted by molar-refractivity contribution is 14.0. The maximum absolute atomic E-state index is 11.6. The van der Waals surface area contributed by atoms with Crippen molar-refractivity contribution in [1.82, 2.24) is 20.9 Å². The smallest absolute Gasteiger partial charge is 0.220 e. The normalized spacial score (nSPS) is 18.8. The summed E-state index contributed by atoms with van der Waals surface area (Å²) in [5.41, 5.74) is 0. The molecule has 1 aliphatic carbocycles. The molecule has 1 heterocycles. The molecule has 0 aromatic rings. The second kappa shape index (κ2) is 13.6. The first-order valence-corrected chi connectivity index (χ1v) is 9.74. The van der Waals surface area contributed by atoms with E-state index in [9.17, 15) is 4.79 Å². The molecule has 0 unspecified atom stereocenters. The van der Waals surface area contributed by atoms with Crippen molar-refractivity contribution >= 4 is 35.8 Å². The lowest BCUT2D eigenvalue weighted by atomic mass is 10.2.